The van der Waals surface area contributed by atoms with Gasteiger partial charge in [-0.15, -0.1) is 0 Å². The monoisotopic (exact) mass is 358 g/mol. The number of ether oxygens (including phenoxy) is 1. The lowest BCUT2D eigenvalue weighted by molar-refractivity contribution is -0.0373. The summed E-state index contributed by atoms with van der Waals surface area (Å²) in [5.74, 6) is 0. The number of methoxy groups -OCH3 is 1. The topological polar surface area (TPSA) is 42.3 Å². The van der Waals surface area contributed by atoms with E-state index in [-0.39, 0.29) is 11.6 Å². The van der Waals surface area contributed by atoms with Gasteiger partial charge in [-0.1, -0.05) is 12.8 Å². The fourth-order valence-corrected chi connectivity index (χ4v) is 3.89. The van der Waals surface area contributed by atoms with E-state index in [9.17, 15) is 0 Å². The van der Waals surface area contributed by atoms with E-state index in [1.165, 1.54) is 18.5 Å². The first-order valence-corrected chi connectivity index (χ1v) is 8.41. The fraction of sp³-hybridized carbons (Fsp3) is 0.800. The van der Waals surface area contributed by atoms with Gasteiger partial charge in [0.1, 0.15) is 0 Å². The zero-order valence-corrected chi connectivity index (χ0v) is 15.1. The molecular weight excluding hydrogens is 332 g/mol. The normalized spacial score (nSPS) is 19.3. The van der Waals surface area contributed by atoms with Crippen molar-refractivity contribution in [3.8, 4) is 0 Å². The Morgan fingerprint density at radius 1 is 1.48 bits per heavy atom. The average Bonchev–Trinajstić information content (AvgIpc) is 3.07. The largest absolute Gasteiger partial charge is 0.376 e. The Morgan fingerprint density at radius 2 is 2.14 bits per heavy atom. The van der Waals surface area contributed by atoms with Crippen molar-refractivity contribution < 1.29 is 4.74 Å². The summed E-state index contributed by atoms with van der Waals surface area (Å²) in [7, 11) is 8.02. The van der Waals surface area contributed by atoms with Crippen molar-refractivity contribution in [3.05, 3.63) is 16.4 Å². The molecule has 21 heavy (non-hydrogen) atoms. The third-order valence-electron chi connectivity index (χ3n) is 4.54. The van der Waals surface area contributed by atoms with Crippen LogP contribution in [0, 0.1) is 0 Å². The van der Waals surface area contributed by atoms with E-state index in [0.29, 0.717) is 0 Å². The summed E-state index contributed by atoms with van der Waals surface area (Å²) in [6.07, 6.45) is 6.55. The Bertz CT molecular complexity index is 455. The predicted octanol–water partition coefficient (Wildman–Crippen LogP) is 2.43. The van der Waals surface area contributed by atoms with E-state index in [2.05, 4.69) is 50.0 Å². The standard InChI is InChI=1S/C15H27BrN4O/c1-17-14(15(21-4)7-5-6-8-15)13-12(16)11-18-20(13)10-9-19(2)3/h11,14,17H,5-10H2,1-4H3. The van der Waals surface area contributed by atoms with E-state index in [4.69, 9.17) is 4.74 Å². The summed E-state index contributed by atoms with van der Waals surface area (Å²) in [5, 5.41) is 8.02. The summed E-state index contributed by atoms with van der Waals surface area (Å²) in [5.41, 5.74) is 1.08. The number of nitrogens with one attached hydrogen (secondary N) is 1. The van der Waals surface area contributed by atoms with Gasteiger partial charge in [0.05, 0.1) is 34.6 Å². The molecule has 1 aromatic rings. The van der Waals surface area contributed by atoms with Crippen molar-refractivity contribution in [2.45, 2.75) is 43.9 Å². The first kappa shape index (κ1) is 16.9. The van der Waals surface area contributed by atoms with Gasteiger partial charge in [-0.25, -0.2) is 0 Å². The highest BCUT2D eigenvalue weighted by atomic mass is 79.9. The zero-order valence-electron chi connectivity index (χ0n) is 13.5. The van der Waals surface area contributed by atoms with Crippen molar-refractivity contribution in [2.24, 2.45) is 0 Å². The van der Waals surface area contributed by atoms with Gasteiger partial charge in [0.2, 0.25) is 0 Å². The average molecular weight is 359 g/mol. The van der Waals surface area contributed by atoms with Gasteiger partial charge >= 0.3 is 0 Å². The summed E-state index contributed by atoms with van der Waals surface area (Å²) in [4.78, 5) is 2.18. The summed E-state index contributed by atoms with van der Waals surface area (Å²) in [6.45, 7) is 1.85. The molecule has 1 aliphatic carbocycles. The molecule has 2 rings (SSSR count). The molecule has 1 heterocycles. The van der Waals surface area contributed by atoms with Gasteiger partial charge in [-0.2, -0.15) is 5.10 Å². The number of rotatable bonds is 7. The van der Waals surface area contributed by atoms with E-state index >= 15 is 0 Å². The molecular formula is C15H27BrN4O. The van der Waals surface area contributed by atoms with E-state index < -0.39 is 0 Å². The number of aromatic nitrogens is 2. The van der Waals surface area contributed by atoms with Crippen LogP contribution < -0.4 is 5.32 Å². The van der Waals surface area contributed by atoms with Crippen LogP contribution in [0.3, 0.4) is 0 Å². The summed E-state index contributed by atoms with van der Waals surface area (Å²) < 4.78 is 9.14. The van der Waals surface area contributed by atoms with Crippen LogP contribution in [-0.4, -0.2) is 55.1 Å². The van der Waals surface area contributed by atoms with Crippen LogP contribution in [0.4, 0.5) is 0 Å². The minimum absolute atomic E-state index is 0.118. The minimum atomic E-state index is -0.118. The number of hydrogen-bond acceptors (Lipinski definition) is 4. The molecule has 1 saturated carbocycles. The lowest BCUT2D eigenvalue weighted by Crippen LogP contribution is -2.43. The first-order chi connectivity index (χ1) is 10.0. The van der Waals surface area contributed by atoms with Gasteiger partial charge in [0, 0.05) is 13.7 Å². The van der Waals surface area contributed by atoms with Crippen LogP contribution in [0.25, 0.3) is 0 Å². The molecule has 0 amide bonds. The van der Waals surface area contributed by atoms with E-state index in [0.717, 1.165) is 30.4 Å². The molecule has 0 bridgehead atoms. The summed E-state index contributed by atoms with van der Waals surface area (Å²) in [6, 6.07) is 0.157. The number of likely N-dealkylation sites (N-methyl/N-ethyl adjacent to an activating group) is 2. The molecule has 6 heteroatoms. The van der Waals surface area contributed by atoms with Crippen LogP contribution in [0.2, 0.25) is 0 Å². The van der Waals surface area contributed by atoms with Crippen molar-refractivity contribution in [2.75, 3.05) is 34.8 Å². The second kappa shape index (κ2) is 7.22. The van der Waals surface area contributed by atoms with E-state index in [1.807, 2.05) is 20.4 Å². The van der Waals surface area contributed by atoms with Crippen LogP contribution >= 0.6 is 15.9 Å². The van der Waals surface area contributed by atoms with Crippen LogP contribution in [0.5, 0.6) is 0 Å². The second-order valence-corrected chi connectivity index (χ2v) is 6.96. The minimum Gasteiger partial charge on any atom is -0.376 e. The Morgan fingerprint density at radius 3 is 2.67 bits per heavy atom. The van der Waals surface area contributed by atoms with Crippen LogP contribution in [-0.2, 0) is 11.3 Å². The highest BCUT2D eigenvalue weighted by Gasteiger charge is 2.43. The molecule has 5 nitrogen and oxygen atoms in total. The Labute approximate surface area is 136 Å². The smallest absolute Gasteiger partial charge is 0.0888 e. The number of hydrogen-bond donors (Lipinski definition) is 1. The highest BCUT2D eigenvalue weighted by Crippen LogP contribution is 2.43. The number of halogens is 1. The van der Waals surface area contributed by atoms with Crippen molar-refractivity contribution >= 4 is 15.9 Å². The van der Waals surface area contributed by atoms with E-state index in [1.54, 1.807) is 0 Å². The lowest BCUT2D eigenvalue weighted by Gasteiger charge is -2.36. The zero-order chi connectivity index (χ0) is 15.5. The predicted molar refractivity (Wildman–Crippen MR) is 88.5 cm³/mol. The van der Waals surface area contributed by atoms with Gasteiger partial charge < -0.3 is 15.0 Å². The third kappa shape index (κ3) is 3.50. The van der Waals surface area contributed by atoms with Gasteiger partial charge in [-0.3, -0.25) is 4.68 Å². The molecule has 1 aliphatic rings. The quantitative estimate of drug-likeness (QED) is 0.812. The first-order valence-electron chi connectivity index (χ1n) is 7.62. The van der Waals surface area contributed by atoms with Crippen LogP contribution in [0.1, 0.15) is 37.4 Å². The molecule has 0 spiro atoms. The fourth-order valence-electron chi connectivity index (χ4n) is 3.36. The third-order valence-corrected chi connectivity index (χ3v) is 5.15. The maximum Gasteiger partial charge on any atom is 0.0888 e. The Balaban J connectivity index is 2.31. The Kier molecular flexibility index (Phi) is 5.82. The SMILES string of the molecule is CNC(c1c(Br)cnn1CCN(C)C)C1(OC)CCCC1. The van der Waals surface area contributed by atoms with Crippen LogP contribution in [0.15, 0.2) is 10.7 Å². The molecule has 1 fully saturated rings. The number of nitrogens with zero attached hydrogens (tertiary/aromatic N) is 3. The maximum atomic E-state index is 5.98. The molecule has 0 saturated heterocycles. The highest BCUT2D eigenvalue weighted by molar-refractivity contribution is 9.10. The molecule has 120 valence electrons. The van der Waals surface area contributed by atoms with Crippen molar-refractivity contribution in [1.82, 2.24) is 20.0 Å². The Hall–Kier alpha value is -0.430. The lowest BCUT2D eigenvalue weighted by atomic mass is 9.89. The summed E-state index contributed by atoms with van der Waals surface area (Å²) >= 11 is 3.67. The molecule has 1 atom stereocenters. The molecule has 1 N–H and O–H groups in total. The van der Waals surface area contributed by atoms with Gasteiger partial charge in [-0.05, 0) is 49.9 Å². The second-order valence-electron chi connectivity index (χ2n) is 6.10. The molecule has 1 unspecified atom stereocenters. The molecule has 0 aliphatic heterocycles. The van der Waals surface area contributed by atoms with Crippen molar-refractivity contribution in [3.63, 3.8) is 0 Å². The molecule has 0 aromatic carbocycles. The van der Waals surface area contributed by atoms with Gasteiger partial charge in [0.25, 0.3) is 0 Å². The molecule has 1 aromatic heterocycles. The van der Waals surface area contributed by atoms with Gasteiger partial charge in [0.15, 0.2) is 0 Å². The maximum absolute atomic E-state index is 5.98. The van der Waals surface area contributed by atoms with Crippen molar-refractivity contribution in [1.29, 1.82) is 0 Å². The molecule has 0 radical (unpaired) electrons.